The standard InChI is InChI=1S/C28H36N4O4/c1-33-25-19-24-23(18-26(25)35-15-5-12-32-13-16-34-17-14-32)27(29)31-28(30-24)20-8-10-22(11-9-20)36-21-6-3-2-4-7-21/h8-11,18-19,21H,2-7,12-17H2,1H3,(H2,29,30,31). The number of aromatic nitrogens is 2. The monoisotopic (exact) mass is 492 g/mol. The molecule has 1 saturated carbocycles. The molecule has 0 spiro atoms. The lowest BCUT2D eigenvalue weighted by molar-refractivity contribution is 0.0357. The SMILES string of the molecule is COc1cc2nc(-c3ccc(OC4CCCCC4)cc3)nc(N)c2cc1OCCCN1CCOCC1. The van der Waals surface area contributed by atoms with Crippen LogP contribution in [0.2, 0.25) is 0 Å². The summed E-state index contributed by atoms with van der Waals surface area (Å²) in [5, 5.41) is 0.750. The van der Waals surface area contributed by atoms with E-state index in [9.17, 15) is 0 Å². The zero-order valence-electron chi connectivity index (χ0n) is 21.1. The van der Waals surface area contributed by atoms with Crippen molar-refractivity contribution in [1.82, 2.24) is 14.9 Å². The number of nitrogens with two attached hydrogens (primary N) is 1. The lowest BCUT2D eigenvalue weighted by atomic mass is 9.98. The van der Waals surface area contributed by atoms with E-state index in [1.54, 1.807) is 7.11 Å². The van der Waals surface area contributed by atoms with Gasteiger partial charge < -0.3 is 24.7 Å². The molecular weight excluding hydrogens is 456 g/mol. The van der Waals surface area contributed by atoms with Gasteiger partial charge in [0.1, 0.15) is 11.6 Å². The molecule has 1 aliphatic carbocycles. The molecule has 0 unspecified atom stereocenters. The summed E-state index contributed by atoms with van der Waals surface area (Å²) in [4.78, 5) is 11.8. The first kappa shape index (κ1) is 24.6. The van der Waals surface area contributed by atoms with Gasteiger partial charge in [-0.05, 0) is 62.4 Å². The Morgan fingerprint density at radius 1 is 1.00 bits per heavy atom. The minimum atomic E-state index is 0.320. The maximum absolute atomic E-state index is 6.37. The van der Waals surface area contributed by atoms with Crippen molar-refractivity contribution in [1.29, 1.82) is 0 Å². The van der Waals surface area contributed by atoms with Crippen molar-refractivity contribution in [2.75, 3.05) is 52.3 Å². The molecule has 2 aromatic carbocycles. The summed E-state index contributed by atoms with van der Waals surface area (Å²) in [6.07, 6.45) is 7.32. The molecule has 8 heteroatoms. The summed E-state index contributed by atoms with van der Waals surface area (Å²) in [5.74, 6) is 3.16. The molecule has 8 nitrogen and oxygen atoms in total. The second-order valence-corrected chi connectivity index (χ2v) is 9.51. The van der Waals surface area contributed by atoms with E-state index >= 15 is 0 Å². The molecule has 2 aliphatic rings. The number of ether oxygens (including phenoxy) is 4. The Hall–Kier alpha value is -3.10. The number of hydrogen-bond acceptors (Lipinski definition) is 8. The number of hydrogen-bond donors (Lipinski definition) is 1. The minimum absolute atomic E-state index is 0.320. The van der Waals surface area contributed by atoms with Crippen LogP contribution in [0, 0.1) is 0 Å². The predicted octanol–water partition coefficient (Wildman–Crippen LogP) is 4.70. The van der Waals surface area contributed by atoms with E-state index in [2.05, 4.69) is 9.88 Å². The molecular formula is C28H36N4O4. The van der Waals surface area contributed by atoms with Crippen LogP contribution in [0.25, 0.3) is 22.3 Å². The molecule has 1 aliphatic heterocycles. The summed E-state index contributed by atoms with van der Waals surface area (Å²) in [5.41, 5.74) is 7.98. The molecule has 1 saturated heterocycles. The van der Waals surface area contributed by atoms with E-state index in [1.807, 2.05) is 36.4 Å². The van der Waals surface area contributed by atoms with Gasteiger partial charge in [0.2, 0.25) is 0 Å². The van der Waals surface area contributed by atoms with Gasteiger partial charge in [-0.25, -0.2) is 9.97 Å². The van der Waals surface area contributed by atoms with Crippen molar-refractivity contribution in [3.63, 3.8) is 0 Å². The van der Waals surface area contributed by atoms with Gasteiger partial charge in [-0.1, -0.05) is 6.42 Å². The van der Waals surface area contributed by atoms with E-state index in [0.717, 1.165) is 74.3 Å². The fraction of sp³-hybridized carbons (Fsp3) is 0.500. The van der Waals surface area contributed by atoms with Gasteiger partial charge in [0.15, 0.2) is 17.3 Å². The smallest absolute Gasteiger partial charge is 0.162 e. The maximum Gasteiger partial charge on any atom is 0.162 e. The van der Waals surface area contributed by atoms with Gasteiger partial charge in [0.25, 0.3) is 0 Å². The third-order valence-electron chi connectivity index (χ3n) is 6.96. The van der Waals surface area contributed by atoms with Gasteiger partial charge in [0, 0.05) is 36.7 Å². The summed E-state index contributed by atoms with van der Waals surface area (Å²) in [6, 6.07) is 11.7. The zero-order chi connectivity index (χ0) is 24.7. The molecule has 3 aromatic rings. The van der Waals surface area contributed by atoms with Crippen LogP contribution in [0.5, 0.6) is 17.2 Å². The van der Waals surface area contributed by atoms with Crippen LogP contribution in [0.15, 0.2) is 36.4 Å². The Kier molecular flexibility index (Phi) is 8.03. The van der Waals surface area contributed by atoms with E-state index in [0.29, 0.717) is 35.9 Å². The molecule has 192 valence electrons. The number of methoxy groups -OCH3 is 1. The number of benzene rings is 2. The fourth-order valence-corrected chi connectivity index (χ4v) is 4.91. The van der Waals surface area contributed by atoms with E-state index < -0.39 is 0 Å². The number of nitrogen functional groups attached to an aromatic ring is 1. The molecule has 2 heterocycles. The van der Waals surface area contributed by atoms with Crippen LogP contribution in [0.4, 0.5) is 5.82 Å². The van der Waals surface area contributed by atoms with E-state index in [4.69, 9.17) is 29.7 Å². The van der Waals surface area contributed by atoms with Crippen LogP contribution in [0.3, 0.4) is 0 Å². The van der Waals surface area contributed by atoms with Crippen molar-refractivity contribution in [2.24, 2.45) is 0 Å². The van der Waals surface area contributed by atoms with Crippen LogP contribution in [0.1, 0.15) is 38.5 Å². The van der Waals surface area contributed by atoms with Gasteiger partial charge >= 0.3 is 0 Å². The molecule has 0 bridgehead atoms. The number of morpholine rings is 1. The largest absolute Gasteiger partial charge is 0.493 e. The van der Waals surface area contributed by atoms with Crippen molar-refractivity contribution < 1.29 is 18.9 Å². The molecule has 36 heavy (non-hydrogen) atoms. The highest BCUT2D eigenvalue weighted by molar-refractivity contribution is 5.92. The zero-order valence-corrected chi connectivity index (χ0v) is 21.1. The van der Waals surface area contributed by atoms with Crippen molar-refractivity contribution in [3.05, 3.63) is 36.4 Å². The third kappa shape index (κ3) is 5.99. The summed E-state index contributed by atoms with van der Waals surface area (Å²) < 4.78 is 23.2. The van der Waals surface area contributed by atoms with Crippen LogP contribution in [-0.4, -0.2) is 67.5 Å². The molecule has 0 amide bonds. The van der Waals surface area contributed by atoms with Gasteiger partial charge in [-0.2, -0.15) is 0 Å². The van der Waals surface area contributed by atoms with Crippen molar-refractivity contribution in [3.8, 4) is 28.6 Å². The lowest BCUT2D eigenvalue weighted by Gasteiger charge is -2.26. The van der Waals surface area contributed by atoms with E-state index in [1.165, 1.54) is 19.3 Å². The van der Waals surface area contributed by atoms with Gasteiger partial charge in [-0.3, -0.25) is 4.90 Å². The van der Waals surface area contributed by atoms with E-state index in [-0.39, 0.29) is 0 Å². The maximum atomic E-state index is 6.37. The quantitative estimate of drug-likeness (QED) is 0.430. The number of rotatable bonds is 9. The second kappa shape index (κ2) is 11.8. The normalized spacial score (nSPS) is 17.2. The first-order valence-electron chi connectivity index (χ1n) is 13.0. The molecule has 1 aromatic heterocycles. The topological polar surface area (TPSA) is 92.0 Å². The molecule has 5 rings (SSSR count). The Bertz CT molecular complexity index is 1140. The third-order valence-corrected chi connectivity index (χ3v) is 6.96. The Labute approximate surface area is 212 Å². The molecule has 0 atom stereocenters. The lowest BCUT2D eigenvalue weighted by Crippen LogP contribution is -2.37. The van der Waals surface area contributed by atoms with Crippen molar-refractivity contribution >= 4 is 16.7 Å². The van der Waals surface area contributed by atoms with Crippen LogP contribution >= 0.6 is 0 Å². The number of fused-ring (bicyclic) bond motifs is 1. The molecule has 0 radical (unpaired) electrons. The average molecular weight is 493 g/mol. The van der Waals surface area contributed by atoms with Gasteiger partial charge in [-0.15, -0.1) is 0 Å². The Morgan fingerprint density at radius 2 is 1.78 bits per heavy atom. The molecule has 2 N–H and O–H groups in total. The summed E-state index contributed by atoms with van der Waals surface area (Å²) >= 11 is 0. The first-order valence-corrected chi connectivity index (χ1v) is 13.0. The van der Waals surface area contributed by atoms with Gasteiger partial charge in [0.05, 0.1) is 38.6 Å². The van der Waals surface area contributed by atoms with Crippen molar-refractivity contribution in [2.45, 2.75) is 44.6 Å². The van der Waals surface area contributed by atoms with Crippen LogP contribution in [-0.2, 0) is 4.74 Å². The summed E-state index contributed by atoms with van der Waals surface area (Å²) in [6.45, 7) is 5.14. The molecule has 2 fully saturated rings. The Balaban J connectivity index is 1.27. The summed E-state index contributed by atoms with van der Waals surface area (Å²) in [7, 11) is 1.64. The minimum Gasteiger partial charge on any atom is -0.493 e. The first-order chi connectivity index (χ1) is 17.7. The highest BCUT2D eigenvalue weighted by Crippen LogP contribution is 2.35. The van der Waals surface area contributed by atoms with Crippen LogP contribution < -0.4 is 19.9 Å². The number of nitrogens with zero attached hydrogens (tertiary/aromatic N) is 3. The highest BCUT2D eigenvalue weighted by atomic mass is 16.5. The fourth-order valence-electron chi connectivity index (χ4n) is 4.91. The Morgan fingerprint density at radius 3 is 2.53 bits per heavy atom. The second-order valence-electron chi connectivity index (χ2n) is 9.51. The highest BCUT2D eigenvalue weighted by Gasteiger charge is 2.16. The predicted molar refractivity (Wildman–Crippen MR) is 141 cm³/mol. The average Bonchev–Trinajstić information content (AvgIpc) is 2.92. The number of anilines is 1.